The van der Waals surface area contributed by atoms with Gasteiger partial charge in [-0.2, -0.15) is 0 Å². The largest absolute Gasteiger partial charge is 0.342 e. The first-order valence-electron chi connectivity index (χ1n) is 6.04. The Hall–Kier alpha value is -0.830. The molecule has 3 heteroatoms. The van der Waals surface area contributed by atoms with Gasteiger partial charge in [0.2, 0.25) is 0 Å². The Bertz CT molecular complexity index is 365. The SMILES string of the molecule is Cc1ccccc1C(=O)N(C)CCCCCBr. The molecule has 0 aliphatic heterocycles. The van der Waals surface area contributed by atoms with Gasteiger partial charge in [-0.15, -0.1) is 0 Å². The van der Waals surface area contributed by atoms with Crippen LogP contribution in [0.15, 0.2) is 24.3 Å². The van der Waals surface area contributed by atoms with E-state index in [1.807, 2.05) is 43.1 Å². The normalized spacial score (nSPS) is 10.3. The zero-order chi connectivity index (χ0) is 12.7. The lowest BCUT2D eigenvalue weighted by atomic mass is 10.1. The Kier molecular flexibility index (Phi) is 6.27. The summed E-state index contributed by atoms with van der Waals surface area (Å²) in [4.78, 5) is 14.0. The van der Waals surface area contributed by atoms with Crippen LogP contribution in [0.2, 0.25) is 0 Å². The van der Waals surface area contributed by atoms with Crippen LogP contribution in [-0.2, 0) is 0 Å². The summed E-state index contributed by atoms with van der Waals surface area (Å²) in [6, 6.07) is 7.75. The molecule has 0 atom stereocenters. The molecule has 0 unspecified atom stereocenters. The minimum Gasteiger partial charge on any atom is -0.342 e. The lowest BCUT2D eigenvalue weighted by Gasteiger charge is -2.18. The predicted molar refractivity (Wildman–Crippen MR) is 75.8 cm³/mol. The van der Waals surface area contributed by atoms with Crippen molar-refractivity contribution in [3.8, 4) is 0 Å². The number of carbonyl (C=O) groups excluding carboxylic acids is 1. The molecule has 1 aromatic rings. The Balaban J connectivity index is 2.49. The summed E-state index contributed by atoms with van der Waals surface area (Å²) in [5.74, 6) is 0.127. The number of carbonyl (C=O) groups is 1. The van der Waals surface area contributed by atoms with E-state index in [1.54, 1.807) is 0 Å². The van der Waals surface area contributed by atoms with Gasteiger partial charge in [0.1, 0.15) is 0 Å². The smallest absolute Gasteiger partial charge is 0.253 e. The number of unbranched alkanes of at least 4 members (excludes halogenated alkanes) is 2. The summed E-state index contributed by atoms with van der Waals surface area (Å²) in [6.45, 7) is 2.81. The Morgan fingerprint density at radius 3 is 2.59 bits per heavy atom. The van der Waals surface area contributed by atoms with E-state index in [9.17, 15) is 4.79 Å². The van der Waals surface area contributed by atoms with Crippen molar-refractivity contribution in [1.82, 2.24) is 4.90 Å². The van der Waals surface area contributed by atoms with Gasteiger partial charge in [0, 0.05) is 24.5 Å². The molecular formula is C14H20BrNO. The number of halogens is 1. The molecule has 0 N–H and O–H groups in total. The summed E-state index contributed by atoms with van der Waals surface area (Å²) in [6.07, 6.45) is 3.41. The number of hydrogen-bond donors (Lipinski definition) is 0. The molecule has 94 valence electrons. The molecule has 1 aromatic carbocycles. The topological polar surface area (TPSA) is 20.3 Å². The summed E-state index contributed by atoms with van der Waals surface area (Å²) < 4.78 is 0. The fourth-order valence-corrected chi connectivity index (χ4v) is 2.14. The van der Waals surface area contributed by atoms with Gasteiger partial charge in [0.25, 0.3) is 5.91 Å². The zero-order valence-electron chi connectivity index (χ0n) is 10.6. The third-order valence-corrected chi connectivity index (χ3v) is 3.41. The predicted octanol–water partition coefficient (Wildman–Crippen LogP) is 3.63. The number of aryl methyl sites for hydroxylation is 1. The van der Waals surface area contributed by atoms with Gasteiger partial charge in [-0.1, -0.05) is 40.5 Å². The summed E-state index contributed by atoms with van der Waals surface area (Å²) in [7, 11) is 1.88. The van der Waals surface area contributed by atoms with Crippen molar-refractivity contribution in [2.75, 3.05) is 18.9 Å². The van der Waals surface area contributed by atoms with Gasteiger partial charge in [-0.25, -0.2) is 0 Å². The van der Waals surface area contributed by atoms with E-state index in [4.69, 9.17) is 0 Å². The van der Waals surface area contributed by atoms with Crippen LogP contribution in [-0.4, -0.2) is 29.7 Å². The van der Waals surface area contributed by atoms with Crippen LogP contribution in [0, 0.1) is 6.92 Å². The number of alkyl halides is 1. The lowest BCUT2D eigenvalue weighted by Crippen LogP contribution is -2.28. The van der Waals surface area contributed by atoms with E-state index in [1.165, 1.54) is 6.42 Å². The van der Waals surface area contributed by atoms with Crippen molar-refractivity contribution in [2.24, 2.45) is 0 Å². The van der Waals surface area contributed by atoms with E-state index < -0.39 is 0 Å². The van der Waals surface area contributed by atoms with Crippen molar-refractivity contribution in [2.45, 2.75) is 26.2 Å². The molecule has 0 fully saturated rings. The van der Waals surface area contributed by atoms with E-state index in [0.717, 1.165) is 35.8 Å². The van der Waals surface area contributed by atoms with Crippen molar-refractivity contribution in [3.63, 3.8) is 0 Å². The van der Waals surface area contributed by atoms with E-state index in [2.05, 4.69) is 15.9 Å². The number of benzene rings is 1. The second kappa shape index (κ2) is 7.49. The van der Waals surface area contributed by atoms with Crippen LogP contribution in [0.25, 0.3) is 0 Å². The monoisotopic (exact) mass is 297 g/mol. The molecule has 2 nitrogen and oxygen atoms in total. The number of hydrogen-bond acceptors (Lipinski definition) is 1. The molecule has 0 aromatic heterocycles. The van der Waals surface area contributed by atoms with Gasteiger partial charge in [-0.05, 0) is 31.4 Å². The first-order valence-corrected chi connectivity index (χ1v) is 7.16. The van der Waals surface area contributed by atoms with Gasteiger partial charge >= 0.3 is 0 Å². The molecule has 1 amide bonds. The van der Waals surface area contributed by atoms with Gasteiger partial charge in [-0.3, -0.25) is 4.79 Å². The maximum absolute atomic E-state index is 12.1. The first-order chi connectivity index (χ1) is 8.16. The van der Waals surface area contributed by atoms with Crippen molar-refractivity contribution in [3.05, 3.63) is 35.4 Å². The summed E-state index contributed by atoms with van der Waals surface area (Å²) in [5, 5.41) is 1.04. The quantitative estimate of drug-likeness (QED) is 0.580. The summed E-state index contributed by atoms with van der Waals surface area (Å²) in [5.41, 5.74) is 1.86. The second-order valence-electron chi connectivity index (χ2n) is 4.29. The molecule has 0 saturated carbocycles. The van der Waals surface area contributed by atoms with Crippen LogP contribution in [0.5, 0.6) is 0 Å². The third-order valence-electron chi connectivity index (χ3n) is 2.85. The average Bonchev–Trinajstić information content (AvgIpc) is 2.34. The van der Waals surface area contributed by atoms with E-state index in [0.29, 0.717) is 0 Å². The van der Waals surface area contributed by atoms with Gasteiger partial charge < -0.3 is 4.90 Å². The third kappa shape index (κ3) is 4.50. The molecule has 0 saturated heterocycles. The van der Waals surface area contributed by atoms with Crippen LogP contribution < -0.4 is 0 Å². The van der Waals surface area contributed by atoms with Crippen molar-refractivity contribution in [1.29, 1.82) is 0 Å². The minimum atomic E-state index is 0.127. The number of rotatable bonds is 6. The van der Waals surface area contributed by atoms with Crippen molar-refractivity contribution >= 4 is 21.8 Å². The number of nitrogens with zero attached hydrogens (tertiary/aromatic N) is 1. The maximum atomic E-state index is 12.1. The molecule has 17 heavy (non-hydrogen) atoms. The Morgan fingerprint density at radius 2 is 1.94 bits per heavy atom. The van der Waals surface area contributed by atoms with Gasteiger partial charge in [0.05, 0.1) is 0 Å². The highest BCUT2D eigenvalue weighted by molar-refractivity contribution is 9.09. The van der Waals surface area contributed by atoms with E-state index >= 15 is 0 Å². The first kappa shape index (κ1) is 14.2. The number of amides is 1. The molecule has 0 heterocycles. The van der Waals surface area contributed by atoms with Gasteiger partial charge in [0.15, 0.2) is 0 Å². The lowest BCUT2D eigenvalue weighted by molar-refractivity contribution is 0.0792. The highest BCUT2D eigenvalue weighted by Gasteiger charge is 2.12. The average molecular weight is 298 g/mol. The highest BCUT2D eigenvalue weighted by atomic mass is 79.9. The fraction of sp³-hybridized carbons (Fsp3) is 0.500. The highest BCUT2D eigenvalue weighted by Crippen LogP contribution is 2.10. The molecule has 0 aliphatic rings. The van der Waals surface area contributed by atoms with Crippen molar-refractivity contribution < 1.29 is 4.79 Å². The molecular weight excluding hydrogens is 278 g/mol. The standard InChI is InChI=1S/C14H20BrNO/c1-12-8-4-5-9-13(12)14(17)16(2)11-7-3-6-10-15/h4-5,8-9H,3,6-7,10-11H2,1-2H3. The molecule has 0 spiro atoms. The Labute approximate surface area is 112 Å². The van der Waals surface area contributed by atoms with Crippen LogP contribution >= 0.6 is 15.9 Å². The second-order valence-corrected chi connectivity index (χ2v) is 5.08. The molecule has 0 radical (unpaired) electrons. The molecule has 0 aliphatic carbocycles. The Morgan fingerprint density at radius 1 is 1.24 bits per heavy atom. The molecule has 1 rings (SSSR count). The minimum absolute atomic E-state index is 0.127. The van der Waals surface area contributed by atoms with Crippen LogP contribution in [0.3, 0.4) is 0 Å². The van der Waals surface area contributed by atoms with Crippen LogP contribution in [0.1, 0.15) is 35.2 Å². The van der Waals surface area contributed by atoms with E-state index in [-0.39, 0.29) is 5.91 Å². The summed E-state index contributed by atoms with van der Waals surface area (Å²) >= 11 is 3.41. The zero-order valence-corrected chi connectivity index (χ0v) is 12.2. The fourth-order valence-electron chi connectivity index (χ4n) is 1.74. The molecule has 0 bridgehead atoms. The van der Waals surface area contributed by atoms with Crippen LogP contribution in [0.4, 0.5) is 0 Å². The maximum Gasteiger partial charge on any atom is 0.253 e.